The Morgan fingerprint density at radius 2 is 1.95 bits per heavy atom. The fourth-order valence-electron chi connectivity index (χ4n) is 5.15. The minimum absolute atomic E-state index is 0.122. The van der Waals surface area contributed by atoms with Crippen molar-refractivity contribution in [2.45, 2.75) is 44.2 Å². The molecular formula is C27H32FN5O2S2. The van der Waals surface area contributed by atoms with E-state index >= 15 is 0 Å². The van der Waals surface area contributed by atoms with Crippen LogP contribution in [0.15, 0.2) is 46.8 Å². The first kappa shape index (κ1) is 26.0. The number of thiazole rings is 1. The molecule has 10 heteroatoms. The first-order valence-electron chi connectivity index (χ1n) is 12.6. The number of halogens is 1. The summed E-state index contributed by atoms with van der Waals surface area (Å²) >= 11 is 1.34. The van der Waals surface area contributed by atoms with Gasteiger partial charge in [-0.15, -0.1) is 11.3 Å². The van der Waals surface area contributed by atoms with Gasteiger partial charge in [0.2, 0.25) is 0 Å². The van der Waals surface area contributed by atoms with Crippen LogP contribution in [0.2, 0.25) is 0 Å². The number of hydrogen-bond acceptors (Lipinski definition) is 7. The van der Waals surface area contributed by atoms with Crippen LogP contribution in [0.3, 0.4) is 0 Å². The van der Waals surface area contributed by atoms with Crippen molar-refractivity contribution < 1.29 is 12.8 Å². The summed E-state index contributed by atoms with van der Waals surface area (Å²) in [6.45, 7) is 6.21. The lowest BCUT2D eigenvalue weighted by Crippen LogP contribution is -2.52. The second kappa shape index (κ2) is 10.6. The number of aryl methyl sites for hydroxylation is 2. The molecule has 2 aliphatic rings. The summed E-state index contributed by atoms with van der Waals surface area (Å²) in [5.41, 5.74) is 4.23. The molecule has 3 aromatic rings. The van der Waals surface area contributed by atoms with Gasteiger partial charge in [0, 0.05) is 60.8 Å². The zero-order valence-corrected chi connectivity index (χ0v) is 22.7. The van der Waals surface area contributed by atoms with Crippen molar-refractivity contribution in [3.63, 3.8) is 0 Å². The zero-order chi connectivity index (χ0) is 26.2. The summed E-state index contributed by atoms with van der Waals surface area (Å²) in [6.07, 6.45) is 5.00. The Balaban J connectivity index is 1.47. The maximum absolute atomic E-state index is 13.4. The Morgan fingerprint density at radius 3 is 2.57 bits per heavy atom. The third kappa shape index (κ3) is 5.47. The molecule has 2 heterocycles. The summed E-state index contributed by atoms with van der Waals surface area (Å²) in [5, 5.41) is 13.8. The maximum atomic E-state index is 13.4. The molecular weight excluding hydrogens is 509 g/mol. The number of aromatic nitrogens is 1. The molecule has 196 valence electrons. The van der Waals surface area contributed by atoms with Crippen LogP contribution in [0.25, 0.3) is 0 Å². The van der Waals surface area contributed by atoms with Crippen LogP contribution in [-0.2, 0) is 10.0 Å². The molecule has 0 unspecified atom stereocenters. The fraction of sp³-hybridized carbons (Fsp3) is 0.407. The van der Waals surface area contributed by atoms with Crippen LogP contribution < -0.4 is 5.32 Å². The average molecular weight is 542 g/mol. The van der Waals surface area contributed by atoms with Gasteiger partial charge in [-0.05, 0) is 80.1 Å². The average Bonchev–Trinajstić information content (AvgIpc) is 3.30. The van der Waals surface area contributed by atoms with Gasteiger partial charge in [-0.1, -0.05) is 6.42 Å². The van der Waals surface area contributed by atoms with Crippen LogP contribution in [0.5, 0.6) is 0 Å². The predicted octanol–water partition coefficient (Wildman–Crippen LogP) is 5.49. The minimum Gasteiger partial charge on any atom is -0.355 e. The van der Waals surface area contributed by atoms with Crippen molar-refractivity contribution in [1.82, 2.24) is 14.2 Å². The molecule has 1 saturated heterocycles. The summed E-state index contributed by atoms with van der Waals surface area (Å²) in [6, 6.07) is 9.99. The van der Waals surface area contributed by atoms with E-state index in [4.69, 9.17) is 5.41 Å². The van der Waals surface area contributed by atoms with E-state index in [9.17, 15) is 12.8 Å². The summed E-state index contributed by atoms with van der Waals surface area (Å²) in [4.78, 5) is 6.68. The van der Waals surface area contributed by atoms with E-state index in [1.54, 1.807) is 21.8 Å². The summed E-state index contributed by atoms with van der Waals surface area (Å²) in [5.74, 6) is 0.342. The third-order valence-electron chi connectivity index (χ3n) is 7.45. The number of rotatable bonds is 8. The molecule has 2 fully saturated rings. The van der Waals surface area contributed by atoms with E-state index in [0.29, 0.717) is 31.1 Å². The predicted molar refractivity (Wildman–Crippen MR) is 146 cm³/mol. The Morgan fingerprint density at radius 1 is 1.19 bits per heavy atom. The number of benzene rings is 2. The van der Waals surface area contributed by atoms with E-state index < -0.39 is 10.0 Å². The number of piperazine rings is 1. The topological polar surface area (TPSA) is 89.4 Å². The van der Waals surface area contributed by atoms with Gasteiger partial charge in [0.05, 0.1) is 5.01 Å². The van der Waals surface area contributed by atoms with Crippen LogP contribution in [0, 0.1) is 31.0 Å². The third-order valence-corrected chi connectivity index (χ3v) is 10.1. The van der Waals surface area contributed by atoms with Gasteiger partial charge >= 0.3 is 0 Å². The van der Waals surface area contributed by atoms with E-state index in [-0.39, 0.29) is 16.9 Å². The standard InChI is InChI=1S/C27H32FN5O2S2/c1-18-12-25(31-23-8-6-22(28)7-9-23)21(14-29)13-24(18)26-16-33(11-10-32(26)15-20-4-3-5-20)37(34,35)27-17-36-19(2)30-27/h6-9,12-14,17,20,26,29,31H,3-5,10-11,15-16H2,1-2H3/t26-/m0/s1. The molecule has 0 spiro atoms. The highest BCUT2D eigenvalue weighted by atomic mass is 32.2. The molecule has 0 bridgehead atoms. The van der Waals surface area contributed by atoms with Gasteiger partial charge < -0.3 is 10.7 Å². The zero-order valence-electron chi connectivity index (χ0n) is 21.1. The van der Waals surface area contributed by atoms with E-state index in [2.05, 4.69) is 15.2 Å². The maximum Gasteiger partial charge on any atom is 0.261 e. The number of hydrogen-bond donors (Lipinski definition) is 2. The molecule has 5 rings (SSSR count). The van der Waals surface area contributed by atoms with Gasteiger partial charge in [0.25, 0.3) is 10.0 Å². The molecule has 0 amide bonds. The van der Waals surface area contributed by atoms with Gasteiger partial charge in [-0.25, -0.2) is 17.8 Å². The summed E-state index contributed by atoms with van der Waals surface area (Å²) in [7, 11) is -3.69. The number of sulfonamides is 1. The second-order valence-electron chi connectivity index (χ2n) is 9.95. The van der Waals surface area contributed by atoms with Gasteiger partial charge in [-0.3, -0.25) is 4.90 Å². The van der Waals surface area contributed by atoms with Crippen LogP contribution >= 0.6 is 11.3 Å². The molecule has 2 aromatic carbocycles. The lowest BCUT2D eigenvalue weighted by molar-refractivity contribution is 0.0806. The Kier molecular flexibility index (Phi) is 7.44. The monoisotopic (exact) mass is 541 g/mol. The second-order valence-corrected chi connectivity index (χ2v) is 12.9. The SMILES string of the molecule is Cc1nc(S(=O)(=O)N2CCN(CC3CCC3)[C@H](c3cc(C=N)c(Nc4ccc(F)cc4)cc3C)C2)cs1. The molecule has 1 atom stereocenters. The van der Waals surface area contributed by atoms with Crippen LogP contribution in [0.1, 0.15) is 47.0 Å². The normalized spacial score (nSPS) is 19.5. The van der Waals surface area contributed by atoms with Gasteiger partial charge in [0.15, 0.2) is 5.03 Å². The Labute approximate surface area is 221 Å². The van der Waals surface area contributed by atoms with E-state index in [1.807, 2.05) is 26.0 Å². The number of nitrogens with one attached hydrogen (secondary N) is 2. The quantitative estimate of drug-likeness (QED) is 0.368. The lowest BCUT2D eigenvalue weighted by Gasteiger charge is -2.44. The van der Waals surface area contributed by atoms with Crippen LogP contribution in [0.4, 0.5) is 15.8 Å². The minimum atomic E-state index is -3.69. The van der Waals surface area contributed by atoms with Gasteiger partial charge in [-0.2, -0.15) is 4.31 Å². The van der Waals surface area contributed by atoms with Crippen LogP contribution in [-0.4, -0.2) is 55.0 Å². The molecule has 7 nitrogen and oxygen atoms in total. The van der Waals surface area contributed by atoms with E-state index in [1.165, 1.54) is 48.9 Å². The lowest BCUT2D eigenvalue weighted by atomic mass is 9.84. The Bertz CT molecular complexity index is 1390. The molecule has 37 heavy (non-hydrogen) atoms. The molecule has 1 aromatic heterocycles. The van der Waals surface area contributed by atoms with Crippen molar-refractivity contribution in [1.29, 1.82) is 5.41 Å². The summed E-state index contributed by atoms with van der Waals surface area (Å²) < 4.78 is 41.8. The highest BCUT2D eigenvalue weighted by molar-refractivity contribution is 7.89. The van der Waals surface area contributed by atoms with Crippen molar-refractivity contribution in [3.8, 4) is 0 Å². The fourth-order valence-corrected chi connectivity index (χ4v) is 7.49. The largest absolute Gasteiger partial charge is 0.355 e. The number of nitrogens with zero attached hydrogens (tertiary/aromatic N) is 3. The molecule has 1 aliphatic heterocycles. The first-order chi connectivity index (χ1) is 17.7. The van der Waals surface area contributed by atoms with Crippen molar-refractivity contribution in [2.24, 2.45) is 5.92 Å². The van der Waals surface area contributed by atoms with Crippen molar-refractivity contribution >= 4 is 38.9 Å². The highest BCUT2D eigenvalue weighted by Crippen LogP contribution is 2.37. The van der Waals surface area contributed by atoms with E-state index in [0.717, 1.165) is 34.1 Å². The van der Waals surface area contributed by atoms with Gasteiger partial charge in [0.1, 0.15) is 5.82 Å². The Hall–Kier alpha value is -2.66. The van der Waals surface area contributed by atoms with Crippen molar-refractivity contribution in [3.05, 3.63) is 69.3 Å². The number of anilines is 2. The smallest absolute Gasteiger partial charge is 0.261 e. The first-order valence-corrected chi connectivity index (χ1v) is 14.9. The highest BCUT2D eigenvalue weighted by Gasteiger charge is 2.38. The van der Waals surface area contributed by atoms with Crippen molar-refractivity contribution in [2.75, 3.05) is 31.5 Å². The molecule has 0 radical (unpaired) electrons. The molecule has 2 N–H and O–H groups in total. The molecule has 1 aliphatic carbocycles. The molecule has 1 saturated carbocycles.